The fourth-order valence-electron chi connectivity index (χ4n) is 3.10. The number of hydrogen-bond donors (Lipinski definition) is 2. The fraction of sp³-hybridized carbons (Fsp3) is 0.143. The number of hydrogen-bond acceptors (Lipinski definition) is 5. The van der Waals surface area contributed by atoms with Crippen LogP contribution in [0.1, 0.15) is 27.8 Å². The molecular formula is C21H18ClN3O4. The van der Waals surface area contributed by atoms with Crippen molar-refractivity contribution in [3.05, 3.63) is 82.8 Å². The molecule has 1 aliphatic heterocycles. The van der Waals surface area contributed by atoms with Crippen molar-refractivity contribution in [1.29, 1.82) is 0 Å². The molecule has 2 amide bonds. The number of nitrogens with zero attached hydrogens (tertiary/aromatic N) is 1. The van der Waals surface area contributed by atoms with Gasteiger partial charge in [0.25, 0.3) is 11.8 Å². The third-order valence-electron chi connectivity index (χ3n) is 4.48. The van der Waals surface area contributed by atoms with Crippen molar-refractivity contribution in [2.24, 2.45) is 0 Å². The van der Waals surface area contributed by atoms with Crippen molar-refractivity contribution in [2.75, 3.05) is 11.9 Å². The second kappa shape index (κ2) is 7.89. The summed E-state index contributed by atoms with van der Waals surface area (Å²) in [4.78, 5) is 25.5. The van der Waals surface area contributed by atoms with Crippen LogP contribution in [-0.4, -0.2) is 23.4 Å². The van der Waals surface area contributed by atoms with Crippen LogP contribution in [0, 0.1) is 6.92 Å². The zero-order valence-corrected chi connectivity index (χ0v) is 16.3. The van der Waals surface area contributed by atoms with E-state index in [0.29, 0.717) is 27.8 Å². The van der Waals surface area contributed by atoms with Gasteiger partial charge in [-0.05, 0) is 55.0 Å². The summed E-state index contributed by atoms with van der Waals surface area (Å²) < 4.78 is 11.0. The van der Waals surface area contributed by atoms with Crippen LogP contribution >= 0.6 is 11.6 Å². The number of amides is 2. The molecule has 1 atom stereocenters. The first-order chi connectivity index (χ1) is 14.0. The molecule has 1 unspecified atom stereocenters. The largest absolute Gasteiger partial charge is 0.483 e. The molecular weight excluding hydrogens is 394 g/mol. The van der Waals surface area contributed by atoms with Crippen LogP contribution in [0.2, 0.25) is 5.02 Å². The number of aryl methyl sites for hydroxylation is 1. The first kappa shape index (κ1) is 18.9. The van der Waals surface area contributed by atoms with Crippen molar-refractivity contribution in [1.82, 2.24) is 10.4 Å². The number of furan rings is 1. The summed E-state index contributed by atoms with van der Waals surface area (Å²) in [6.07, 6.45) is 0.822. The van der Waals surface area contributed by atoms with Crippen LogP contribution < -0.4 is 15.5 Å². The van der Waals surface area contributed by atoms with Gasteiger partial charge in [-0.1, -0.05) is 23.7 Å². The number of benzene rings is 2. The van der Waals surface area contributed by atoms with E-state index in [1.165, 1.54) is 11.3 Å². The topological polar surface area (TPSA) is 83.8 Å². The van der Waals surface area contributed by atoms with Gasteiger partial charge in [-0.3, -0.25) is 15.0 Å². The average Bonchev–Trinajstić information content (AvgIpc) is 3.24. The maximum Gasteiger partial charge on any atom is 0.276 e. The zero-order chi connectivity index (χ0) is 20.4. The predicted molar refractivity (Wildman–Crippen MR) is 108 cm³/mol. The monoisotopic (exact) mass is 411 g/mol. The Kier molecular flexibility index (Phi) is 5.14. The van der Waals surface area contributed by atoms with Gasteiger partial charge in [0.05, 0.1) is 11.8 Å². The molecule has 0 spiro atoms. The zero-order valence-electron chi connectivity index (χ0n) is 15.5. The molecule has 0 saturated heterocycles. The van der Waals surface area contributed by atoms with Crippen molar-refractivity contribution in [2.45, 2.75) is 13.1 Å². The van der Waals surface area contributed by atoms with Crippen LogP contribution in [0.3, 0.4) is 0 Å². The number of carbonyl (C=O) groups is 2. The molecule has 29 heavy (non-hydrogen) atoms. The summed E-state index contributed by atoms with van der Waals surface area (Å²) in [7, 11) is 0. The molecule has 0 fully saturated rings. The number of rotatable bonds is 5. The van der Waals surface area contributed by atoms with Crippen molar-refractivity contribution >= 4 is 29.1 Å². The quantitative estimate of drug-likeness (QED) is 0.664. The highest BCUT2D eigenvalue weighted by molar-refractivity contribution is 6.30. The Morgan fingerprint density at radius 1 is 1.24 bits per heavy atom. The average molecular weight is 412 g/mol. The first-order valence-electron chi connectivity index (χ1n) is 8.94. The third kappa shape index (κ3) is 3.90. The summed E-state index contributed by atoms with van der Waals surface area (Å²) in [6, 6.07) is 15.7. The molecule has 148 valence electrons. The minimum atomic E-state index is -0.686. The number of carbonyl (C=O) groups excluding carboxylic acids is 2. The minimum absolute atomic E-state index is 0.265. The van der Waals surface area contributed by atoms with E-state index >= 15 is 0 Å². The lowest BCUT2D eigenvalue weighted by Crippen LogP contribution is -2.53. The normalized spacial score (nSPS) is 15.4. The summed E-state index contributed by atoms with van der Waals surface area (Å²) in [5.74, 6) is 0.199. The Balaban J connectivity index is 1.52. The molecule has 3 aromatic rings. The Hall–Kier alpha value is -3.45. The van der Waals surface area contributed by atoms with E-state index in [0.717, 1.165) is 5.56 Å². The van der Waals surface area contributed by atoms with Gasteiger partial charge >= 0.3 is 0 Å². The highest BCUT2D eigenvalue weighted by Gasteiger charge is 2.35. The molecule has 1 aromatic heterocycles. The second-order valence-corrected chi connectivity index (χ2v) is 6.95. The molecule has 4 rings (SSSR count). The van der Waals surface area contributed by atoms with Crippen LogP contribution in [0.4, 0.5) is 5.69 Å². The molecule has 2 heterocycles. The van der Waals surface area contributed by atoms with Gasteiger partial charge in [-0.2, -0.15) is 0 Å². The summed E-state index contributed by atoms with van der Waals surface area (Å²) in [5, 5.41) is 5.01. The van der Waals surface area contributed by atoms with E-state index < -0.39 is 12.1 Å². The van der Waals surface area contributed by atoms with Gasteiger partial charge in [-0.25, -0.2) is 5.01 Å². The molecule has 2 aromatic carbocycles. The third-order valence-corrected chi connectivity index (χ3v) is 4.72. The van der Waals surface area contributed by atoms with Crippen LogP contribution in [0.25, 0.3) is 0 Å². The maximum absolute atomic E-state index is 13.0. The molecule has 0 aliphatic carbocycles. The van der Waals surface area contributed by atoms with Crippen molar-refractivity contribution in [3.63, 3.8) is 0 Å². The molecule has 2 N–H and O–H groups in total. The molecule has 0 radical (unpaired) electrons. The standard InChI is InChI=1S/C21H18ClN3O4/c1-13-11-14(22)8-9-17(13)29-12-19(26)24-25-20(18-7-4-10-28-18)23-16-6-3-2-5-15(16)21(25)27/h2-11,20,23H,12H2,1H3,(H,24,26). The molecule has 1 aliphatic rings. The van der Waals surface area contributed by atoms with Crippen LogP contribution in [0.15, 0.2) is 65.3 Å². The molecule has 7 nitrogen and oxygen atoms in total. The highest BCUT2D eigenvalue weighted by Crippen LogP contribution is 2.32. The van der Waals surface area contributed by atoms with Gasteiger partial charge in [0, 0.05) is 10.7 Å². The lowest BCUT2D eigenvalue weighted by Gasteiger charge is -2.36. The van der Waals surface area contributed by atoms with Gasteiger partial charge in [0.2, 0.25) is 0 Å². The maximum atomic E-state index is 13.0. The van der Waals surface area contributed by atoms with Gasteiger partial charge in [-0.15, -0.1) is 0 Å². The van der Waals surface area contributed by atoms with E-state index in [-0.39, 0.29) is 12.5 Å². The Labute approximate surface area is 172 Å². The van der Waals surface area contributed by atoms with E-state index in [1.807, 2.05) is 13.0 Å². The van der Waals surface area contributed by atoms with Gasteiger partial charge in [0.1, 0.15) is 11.5 Å². The number of fused-ring (bicyclic) bond motifs is 1. The fourth-order valence-corrected chi connectivity index (χ4v) is 3.33. The van der Waals surface area contributed by atoms with E-state index in [1.54, 1.807) is 48.5 Å². The highest BCUT2D eigenvalue weighted by atomic mass is 35.5. The second-order valence-electron chi connectivity index (χ2n) is 6.52. The molecule has 0 bridgehead atoms. The van der Waals surface area contributed by atoms with Gasteiger partial charge in [0.15, 0.2) is 12.8 Å². The van der Waals surface area contributed by atoms with E-state index in [2.05, 4.69) is 10.7 Å². The lowest BCUT2D eigenvalue weighted by atomic mass is 10.1. The van der Waals surface area contributed by atoms with Crippen LogP contribution in [-0.2, 0) is 4.79 Å². The summed E-state index contributed by atoms with van der Waals surface area (Å²) in [6.45, 7) is 1.57. The summed E-state index contributed by atoms with van der Waals surface area (Å²) in [5.41, 5.74) is 4.54. The Morgan fingerprint density at radius 2 is 2.07 bits per heavy atom. The van der Waals surface area contributed by atoms with E-state index in [9.17, 15) is 9.59 Å². The number of anilines is 1. The van der Waals surface area contributed by atoms with Crippen molar-refractivity contribution in [3.8, 4) is 5.75 Å². The molecule has 0 saturated carbocycles. The number of hydrazine groups is 1. The summed E-state index contributed by atoms with van der Waals surface area (Å²) >= 11 is 5.94. The Bertz CT molecular complexity index is 1050. The van der Waals surface area contributed by atoms with Crippen molar-refractivity contribution < 1.29 is 18.7 Å². The number of halogens is 1. The van der Waals surface area contributed by atoms with E-state index in [4.69, 9.17) is 20.8 Å². The predicted octanol–water partition coefficient (Wildman–Crippen LogP) is 3.92. The Morgan fingerprint density at radius 3 is 2.83 bits per heavy atom. The minimum Gasteiger partial charge on any atom is -0.483 e. The van der Waals surface area contributed by atoms with Crippen LogP contribution in [0.5, 0.6) is 5.75 Å². The number of para-hydroxylation sites is 1. The number of nitrogens with one attached hydrogen (secondary N) is 2. The molecule has 8 heteroatoms. The van der Waals surface area contributed by atoms with Gasteiger partial charge < -0.3 is 14.5 Å². The smallest absolute Gasteiger partial charge is 0.276 e. The number of ether oxygens (including phenoxy) is 1. The lowest BCUT2D eigenvalue weighted by molar-refractivity contribution is -0.127. The first-order valence-corrected chi connectivity index (χ1v) is 9.31. The SMILES string of the molecule is Cc1cc(Cl)ccc1OCC(=O)NN1C(=O)c2ccccc2NC1c1ccco1.